The molecule has 0 fully saturated rings. The number of ether oxygens (including phenoxy) is 1. The molecule has 2 rings (SSSR count). The van der Waals surface area contributed by atoms with E-state index >= 15 is 0 Å². The molecule has 0 atom stereocenters. The van der Waals surface area contributed by atoms with E-state index in [2.05, 4.69) is 27.9 Å². The molecule has 0 aliphatic carbocycles. The average molecular weight is 440 g/mol. The van der Waals surface area contributed by atoms with Crippen molar-refractivity contribution in [1.29, 1.82) is 0 Å². The molecule has 0 spiro atoms. The van der Waals surface area contributed by atoms with Crippen LogP contribution in [0.5, 0.6) is 5.75 Å². The molecule has 2 aromatic rings. The molecule has 126 valence electrons. The summed E-state index contributed by atoms with van der Waals surface area (Å²) in [7, 11) is 0. The number of amides is 1. The predicted molar refractivity (Wildman–Crippen MR) is 101 cm³/mol. The van der Waals surface area contributed by atoms with Crippen LogP contribution in [-0.4, -0.2) is 17.4 Å². The second kappa shape index (κ2) is 8.09. The number of anilines is 1. The number of hydrogen-bond donors (Lipinski definition) is 1. The first-order valence-corrected chi connectivity index (χ1v) is 8.55. The van der Waals surface area contributed by atoms with Gasteiger partial charge in [0, 0.05) is 20.9 Å². The zero-order valence-corrected chi connectivity index (χ0v) is 15.5. The van der Waals surface area contributed by atoms with Crippen molar-refractivity contribution in [2.24, 2.45) is 0 Å². The summed E-state index contributed by atoms with van der Waals surface area (Å²) >= 11 is 2.21. The van der Waals surface area contributed by atoms with Gasteiger partial charge in [-0.2, -0.15) is 0 Å². The van der Waals surface area contributed by atoms with E-state index in [1.54, 1.807) is 6.92 Å². The van der Waals surface area contributed by atoms with Crippen LogP contribution < -0.4 is 10.1 Å². The SMILES string of the molecule is CCOc1ccc(C(=O)Nc2ccc(I)cc2CC)cc1[N+](=O)[O-]. The molecule has 0 bridgehead atoms. The van der Waals surface area contributed by atoms with Crippen LogP contribution in [0.4, 0.5) is 11.4 Å². The maximum Gasteiger partial charge on any atom is 0.311 e. The summed E-state index contributed by atoms with van der Waals surface area (Å²) in [5.74, 6) is -0.236. The fourth-order valence-corrected chi connectivity index (χ4v) is 2.81. The highest BCUT2D eigenvalue weighted by atomic mass is 127. The van der Waals surface area contributed by atoms with Crippen LogP contribution in [-0.2, 0) is 6.42 Å². The van der Waals surface area contributed by atoms with Crippen LogP contribution in [0.1, 0.15) is 29.8 Å². The van der Waals surface area contributed by atoms with Crippen LogP contribution in [0, 0.1) is 13.7 Å². The molecule has 6 nitrogen and oxygen atoms in total. The number of nitro groups is 1. The van der Waals surface area contributed by atoms with Crippen molar-refractivity contribution in [2.75, 3.05) is 11.9 Å². The Bertz CT molecular complexity index is 777. The highest BCUT2D eigenvalue weighted by Crippen LogP contribution is 2.28. The molecule has 0 heterocycles. The lowest BCUT2D eigenvalue weighted by molar-refractivity contribution is -0.385. The predicted octanol–water partition coefficient (Wildman–Crippen LogP) is 4.41. The number of benzene rings is 2. The van der Waals surface area contributed by atoms with Crippen molar-refractivity contribution in [1.82, 2.24) is 0 Å². The highest BCUT2D eigenvalue weighted by Gasteiger charge is 2.19. The van der Waals surface area contributed by atoms with Crippen molar-refractivity contribution in [2.45, 2.75) is 20.3 Å². The maximum atomic E-state index is 12.4. The largest absolute Gasteiger partial charge is 0.487 e. The van der Waals surface area contributed by atoms with Crippen LogP contribution in [0.3, 0.4) is 0 Å². The van der Waals surface area contributed by atoms with E-state index in [1.807, 2.05) is 25.1 Å². The minimum atomic E-state index is -0.551. The molecule has 1 N–H and O–H groups in total. The van der Waals surface area contributed by atoms with E-state index in [1.165, 1.54) is 18.2 Å². The van der Waals surface area contributed by atoms with Gasteiger partial charge < -0.3 is 10.1 Å². The Morgan fingerprint density at radius 3 is 2.62 bits per heavy atom. The minimum absolute atomic E-state index is 0.155. The lowest BCUT2D eigenvalue weighted by Gasteiger charge is -2.11. The van der Waals surface area contributed by atoms with Crippen molar-refractivity contribution in [3.8, 4) is 5.75 Å². The van der Waals surface area contributed by atoms with Crippen molar-refractivity contribution in [3.05, 3.63) is 61.2 Å². The number of carbonyl (C=O) groups is 1. The zero-order chi connectivity index (χ0) is 17.7. The molecule has 0 aliphatic rings. The Labute approximate surface area is 153 Å². The summed E-state index contributed by atoms with van der Waals surface area (Å²) in [6.45, 7) is 4.06. The lowest BCUT2D eigenvalue weighted by atomic mass is 10.1. The number of halogens is 1. The van der Waals surface area contributed by atoms with Gasteiger partial charge in [-0.05, 0) is 71.8 Å². The number of aryl methyl sites for hydroxylation is 1. The Kier molecular flexibility index (Phi) is 6.13. The second-order valence-corrected chi connectivity index (χ2v) is 6.23. The lowest BCUT2D eigenvalue weighted by Crippen LogP contribution is -2.14. The van der Waals surface area contributed by atoms with Crippen LogP contribution in [0.25, 0.3) is 0 Å². The molecule has 1 amide bonds. The standard InChI is InChI=1S/C17H17IN2O4/c1-3-11-9-13(18)6-7-14(11)19-17(21)12-5-8-16(24-4-2)15(10-12)20(22)23/h5-10H,3-4H2,1-2H3,(H,19,21). The maximum absolute atomic E-state index is 12.4. The third-order valence-electron chi connectivity index (χ3n) is 3.41. The molecule has 2 aromatic carbocycles. The van der Waals surface area contributed by atoms with Gasteiger partial charge in [0.25, 0.3) is 5.91 Å². The van der Waals surface area contributed by atoms with Gasteiger partial charge in [-0.3, -0.25) is 14.9 Å². The average Bonchev–Trinajstić information content (AvgIpc) is 2.56. The van der Waals surface area contributed by atoms with Crippen molar-refractivity contribution < 1.29 is 14.5 Å². The van der Waals surface area contributed by atoms with Crippen LogP contribution in [0.15, 0.2) is 36.4 Å². The quantitative estimate of drug-likeness (QED) is 0.410. The molecule has 0 saturated carbocycles. The first-order chi connectivity index (χ1) is 11.5. The number of carbonyl (C=O) groups excluding carboxylic acids is 1. The van der Waals surface area contributed by atoms with Gasteiger partial charge in [0.1, 0.15) is 0 Å². The van der Waals surface area contributed by atoms with Gasteiger partial charge in [0.15, 0.2) is 5.75 Å². The van der Waals surface area contributed by atoms with Gasteiger partial charge in [-0.15, -0.1) is 0 Å². The molecule has 24 heavy (non-hydrogen) atoms. The Morgan fingerprint density at radius 1 is 1.25 bits per heavy atom. The summed E-state index contributed by atoms with van der Waals surface area (Å²) in [4.78, 5) is 23.0. The molecular weight excluding hydrogens is 423 g/mol. The number of hydrogen-bond acceptors (Lipinski definition) is 4. The smallest absolute Gasteiger partial charge is 0.311 e. The first-order valence-electron chi connectivity index (χ1n) is 7.47. The fourth-order valence-electron chi connectivity index (χ4n) is 2.25. The van der Waals surface area contributed by atoms with E-state index in [0.29, 0.717) is 12.3 Å². The Hall–Kier alpha value is -2.16. The van der Waals surface area contributed by atoms with Gasteiger partial charge >= 0.3 is 5.69 Å². The van der Waals surface area contributed by atoms with E-state index in [4.69, 9.17) is 4.74 Å². The summed E-state index contributed by atoms with van der Waals surface area (Å²) in [5, 5.41) is 14.0. The third kappa shape index (κ3) is 4.22. The molecule has 7 heteroatoms. The van der Waals surface area contributed by atoms with Gasteiger partial charge in [-0.1, -0.05) is 6.92 Å². The van der Waals surface area contributed by atoms with Gasteiger partial charge in [0.2, 0.25) is 0 Å². The number of rotatable bonds is 6. The van der Waals surface area contributed by atoms with Crippen LogP contribution in [0.2, 0.25) is 0 Å². The van der Waals surface area contributed by atoms with Crippen molar-refractivity contribution >= 4 is 39.9 Å². The van der Waals surface area contributed by atoms with Crippen LogP contribution >= 0.6 is 22.6 Å². The summed E-state index contributed by atoms with van der Waals surface area (Å²) < 4.78 is 6.31. The normalized spacial score (nSPS) is 10.3. The van der Waals surface area contributed by atoms with E-state index in [-0.39, 0.29) is 17.0 Å². The van der Waals surface area contributed by atoms with Gasteiger partial charge in [-0.25, -0.2) is 0 Å². The second-order valence-electron chi connectivity index (χ2n) is 4.98. The Balaban J connectivity index is 2.30. The number of nitrogens with one attached hydrogen (secondary N) is 1. The fraction of sp³-hybridized carbons (Fsp3) is 0.235. The topological polar surface area (TPSA) is 81.5 Å². The number of nitro benzene ring substituents is 1. The molecule has 0 unspecified atom stereocenters. The van der Waals surface area contributed by atoms with Crippen molar-refractivity contribution in [3.63, 3.8) is 0 Å². The third-order valence-corrected chi connectivity index (χ3v) is 4.09. The Morgan fingerprint density at radius 2 is 2.00 bits per heavy atom. The van der Waals surface area contributed by atoms with E-state index in [9.17, 15) is 14.9 Å². The van der Waals surface area contributed by atoms with E-state index in [0.717, 1.165) is 15.6 Å². The minimum Gasteiger partial charge on any atom is -0.487 e. The molecule has 0 aliphatic heterocycles. The molecule has 0 saturated heterocycles. The molecule has 0 radical (unpaired) electrons. The first kappa shape index (κ1) is 18.2. The van der Waals surface area contributed by atoms with E-state index < -0.39 is 10.8 Å². The summed E-state index contributed by atoms with van der Waals surface area (Å²) in [6, 6.07) is 9.93. The highest BCUT2D eigenvalue weighted by molar-refractivity contribution is 14.1. The summed E-state index contributed by atoms with van der Waals surface area (Å²) in [6.07, 6.45) is 0.774. The number of nitrogens with zero attached hydrogens (tertiary/aromatic N) is 1. The molecule has 0 aromatic heterocycles. The summed E-state index contributed by atoms with van der Waals surface area (Å²) in [5.41, 5.74) is 1.71. The molecular formula is C17H17IN2O4. The zero-order valence-electron chi connectivity index (χ0n) is 13.3. The monoisotopic (exact) mass is 440 g/mol. The van der Waals surface area contributed by atoms with Gasteiger partial charge in [0.05, 0.1) is 11.5 Å².